The van der Waals surface area contributed by atoms with Crippen molar-refractivity contribution < 1.29 is 14.3 Å². The van der Waals surface area contributed by atoms with Gasteiger partial charge in [-0.25, -0.2) is 0 Å². The Morgan fingerprint density at radius 1 is 0.848 bits per heavy atom. The maximum Gasteiger partial charge on any atom is 0.293 e. The van der Waals surface area contributed by atoms with E-state index < -0.39 is 5.91 Å². The van der Waals surface area contributed by atoms with Gasteiger partial charge in [-0.3, -0.25) is 14.5 Å². The minimum atomic E-state index is -0.393. The predicted molar refractivity (Wildman–Crippen MR) is 135 cm³/mol. The molecule has 3 aromatic rings. The van der Waals surface area contributed by atoms with Gasteiger partial charge in [-0.05, 0) is 70.9 Å². The Hall–Kier alpha value is -2.15. The molecule has 168 valence electrons. The Morgan fingerprint density at radius 3 is 2.27 bits per heavy atom. The number of imide groups is 1. The molecule has 0 aliphatic carbocycles. The second-order valence-corrected chi connectivity index (χ2v) is 9.79. The topological polar surface area (TPSA) is 46.6 Å². The molecule has 4 nitrogen and oxygen atoms in total. The summed E-state index contributed by atoms with van der Waals surface area (Å²) >= 11 is 25.2. The largest absolute Gasteiger partial charge is 0.487 e. The molecule has 4 rings (SSSR count). The van der Waals surface area contributed by atoms with Crippen LogP contribution in [-0.4, -0.2) is 16.0 Å². The van der Waals surface area contributed by atoms with Gasteiger partial charge in [-0.2, -0.15) is 0 Å². The van der Waals surface area contributed by atoms with Crippen LogP contribution in [0.4, 0.5) is 4.79 Å². The lowest BCUT2D eigenvalue weighted by atomic mass is 10.2. The van der Waals surface area contributed by atoms with Crippen molar-refractivity contribution in [3.05, 3.63) is 102 Å². The fourth-order valence-electron chi connectivity index (χ4n) is 3.07. The molecule has 33 heavy (non-hydrogen) atoms. The summed E-state index contributed by atoms with van der Waals surface area (Å²) in [5.74, 6) is 0.115. The number of thioether (sulfide) groups is 1. The molecule has 0 saturated carbocycles. The highest BCUT2D eigenvalue weighted by atomic mass is 35.5. The molecule has 1 aliphatic rings. The molecule has 2 amide bonds. The number of halogens is 4. The number of hydrogen-bond donors (Lipinski definition) is 0. The molecular formula is C24H15Cl4NO3S. The van der Waals surface area contributed by atoms with Crippen LogP contribution >= 0.6 is 58.2 Å². The number of carbonyl (C=O) groups is 2. The van der Waals surface area contributed by atoms with E-state index in [1.54, 1.807) is 54.6 Å². The van der Waals surface area contributed by atoms with E-state index in [2.05, 4.69) is 0 Å². The lowest BCUT2D eigenvalue weighted by molar-refractivity contribution is -0.123. The Balaban J connectivity index is 1.45. The Bertz CT molecular complexity index is 1260. The molecule has 1 aliphatic heterocycles. The number of rotatable bonds is 6. The highest BCUT2D eigenvalue weighted by molar-refractivity contribution is 8.18. The van der Waals surface area contributed by atoms with Crippen molar-refractivity contribution in [1.29, 1.82) is 0 Å². The van der Waals surface area contributed by atoms with Gasteiger partial charge < -0.3 is 4.74 Å². The summed E-state index contributed by atoms with van der Waals surface area (Å²) in [6, 6.07) is 17.4. The van der Waals surface area contributed by atoms with Crippen LogP contribution in [-0.2, 0) is 17.9 Å². The maximum absolute atomic E-state index is 12.8. The molecule has 0 bridgehead atoms. The van der Waals surface area contributed by atoms with Gasteiger partial charge in [0.1, 0.15) is 12.4 Å². The van der Waals surface area contributed by atoms with Gasteiger partial charge in [0.25, 0.3) is 11.1 Å². The van der Waals surface area contributed by atoms with Crippen molar-refractivity contribution in [3.8, 4) is 5.75 Å². The van der Waals surface area contributed by atoms with Gasteiger partial charge in [0.05, 0.1) is 16.5 Å². The fraction of sp³-hybridized carbons (Fsp3) is 0.0833. The number of carbonyl (C=O) groups excluding carboxylic acids is 2. The predicted octanol–water partition coefficient (Wildman–Crippen LogP) is 8.12. The van der Waals surface area contributed by atoms with Crippen LogP contribution < -0.4 is 4.74 Å². The third-order valence-electron chi connectivity index (χ3n) is 4.78. The summed E-state index contributed by atoms with van der Waals surface area (Å²) in [5.41, 5.74) is 2.26. The van der Waals surface area contributed by atoms with Crippen molar-refractivity contribution in [1.82, 2.24) is 4.90 Å². The van der Waals surface area contributed by atoms with E-state index in [9.17, 15) is 9.59 Å². The first-order valence-electron chi connectivity index (χ1n) is 9.66. The van der Waals surface area contributed by atoms with Crippen molar-refractivity contribution in [2.75, 3.05) is 0 Å². The van der Waals surface area contributed by atoms with E-state index >= 15 is 0 Å². The number of nitrogens with zero attached hydrogens (tertiary/aromatic N) is 1. The first-order valence-corrected chi connectivity index (χ1v) is 12.0. The van der Waals surface area contributed by atoms with Crippen molar-refractivity contribution in [2.24, 2.45) is 0 Å². The molecule has 0 aromatic heterocycles. The van der Waals surface area contributed by atoms with Crippen LogP contribution in [0.3, 0.4) is 0 Å². The highest BCUT2D eigenvalue weighted by Crippen LogP contribution is 2.35. The van der Waals surface area contributed by atoms with Crippen LogP contribution in [0.5, 0.6) is 5.75 Å². The summed E-state index contributed by atoms with van der Waals surface area (Å²) < 4.78 is 5.78. The van der Waals surface area contributed by atoms with Gasteiger partial charge in [0.2, 0.25) is 0 Å². The highest BCUT2D eigenvalue weighted by Gasteiger charge is 2.35. The number of hydrogen-bond acceptors (Lipinski definition) is 4. The fourth-order valence-corrected chi connectivity index (χ4v) is 4.75. The zero-order valence-corrected chi connectivity index (χ0v) is 20.7. The quantitative estimate of drug-likeness (QED) is 0.297. The van der Waals surface area contributed by atoms with Gasteiger partial charge in [0, 0.05) is 15.1 Å². The van der Waals surface area contributed by atoms with Crippen molar-refractivity contribution >= 4 is 75.4 Å². The summed E-state index contributed by atoms with van der Waals surface area (Å²) in [4.78, 5) is 26.7. The second kappa shape index (κ2) is 10.4. The van der Waals surface area contributed by atoms with E-state index in [-0.39, 0.29) is 11.8 Å². The molecule has 1 fully saturated rings. The smallest absolute Gasteiger partial charge is 0.293 e. The van der Waals surface area contributed by atoms with Gasteiger partial charge in [0.15, 0.2) is 0 Å². The van der Waals surface area contributed by atoms with Gasteiger partial charge >= 0.3 is 0 Å². The van der Waals surface area contributed by atoms with Crippen LogP contribution in [0.15, 0.2) is 65.6 Å². The van der Waals surface area contributed by atoms with Crippen molar-refractivity contribution in [3.63, 3.8) is 0 Å². The summed E-state index contributed by atoms with van der Waals surface area (Å²) in [6.07, 6.45) is 1.63. The van der Waals surface area contributed by atoms with Crippen LogP contribution in [0.25, 0.3) is 6.08 Å². The van der Waals surface area contributed by atoms with E-state index in [0.717, 1.165) is 22.2 Å². The molecule has 0 atom stereocenters. The Morgan fingerprint density at radius 2 is 1.58 bits per heavy atom. The molecule has 0 unspecified atom stereocenters. The molecule has 0 spiro atoms. The molecule has 0 radical (unpaired) electrons. The first kappa shape index (κ1) is 24.0. The molecule has 9 heteroatoms. The Kier molecular flexibility index (Phi) is 7.57. The van der Waals surface area contributed by atoms with Crippen LogP contribution in [0, 0.1) is 0 Å². The standard InChI is InChI=1S/C24H15Cl4NO3S/c25-17-5-1-14(2-6-17)13-32-21-8-3-15(9-20(21)28)10-22-23(30)29(24(31)33-22)12-16-4-7-18(26)11-19(16)27/h1-11H,12-13H2/b22-10-. The minimum Gasteiger partial charge on any atom is -0.487 e. The van der Waals surface area contributed by atoms with Gasteiger partial charge in [-0.15, -0.1) is 0 Å². The van der Waals surface area contributed by atoms with Crippen molar-refractivity contribution in [2.45, 2.75) is 13.2 Å². The van der Waals surface area contributed by atoms with Crippen LogP contribution in [0.1, 0.15) is 16.7 Å². The summed E-state index contributed by atoms with van der Waals surface area (Å²) in [7, 11) is 0. The minimum absolute atomic E-state index is 0.0657. The molecular weight excluding hydrogens is 524 g/mol. The molecule has 3 aromatic carbocycles. The van der Waals surface area contributed by atoms with E-state index in [0.29, 0.717) is 48.5 Å². The van der Waals surface area contributed by atoms with E-state index in [1.807, 2.05) is 12.1 Å². The number of benzene rings is 3. The monoisotopic (exact) mass is 537 g/mol. The molecule has 1 saturated heterocycles. The zero-order chi connectivity index (χ0) is 23.5. The van der Waals surface area contributed by atoms with Crippen LogP contribution in [0.2, 0.25) is 20.1 Å². The Labute approximate surface area is 215 Å². The third-order valence-corrected chi connectivity index (χ3v) is 6.82. The number of ether oxygens (including phenoxy) is 1. The van der Waals surface area contributed by atoms with Gasteiger partial charge in [-0.1, -0.05) is 70.7 Å². The molecule has 0 N–H and O–H groups in total. The maximum atomic E-state index is 12.8. The third kappa shape index (κ3) is 5.86. The SMILES string of the molecule is O=C1S/C(=C\c2ccc(OCc3ccc(Cl)cc3)c(Cl)c2)C(=O)N1Cc1ccc(Cl)cc1Cl. The van der Waals surface area contributed by atoms with E-state index in [1.165, 1.54) is 0 Å². The summed E-state index contributed by atoms with van der Waals surface area (Å²) in [6.45, 7) is 0.401. The lowest BCUT2D eigenvalue weighted by Crippen LogP contribution is -2.27. The normalized spacial score (nSPS) is 14.9. The molecule has 1 heterocycles. The second-order valence-electron chi connectivity index (χ2n) is 7.11. The first-order chi connectivity index (χ1) is 15.8. The zero-order valence-electron chi connectivity index (χ0n) is 16.9. The lowest BCUT2D eigenvalue weighted by Gasteiger charge is -2.13. The average molecular weight is 539 g/mol. The summed E-state index contributed by atoms with van der Waals surface area (Å²) in [5, 5.41) is 1.56. The van der Waals surface area contributed by atoms with E-state index in [4.69, 9.17) is 51.1 Å². The average Bonchev–Trinajstić information content (AvgIpc) is 3.03. The number of amides is 2.